The number of aromatic nitrogens is 4. The fraction of sp³-hybridized carbons (Fsp3) is 0.385. The topological polar surface area (TPSA) is 73.1 Å². The summed E-state index contributed by atoms with van der Waals surface area (Å²) in [4.78, 5) is 13.4. The number of rotatable bonds is 4. The maximum atomic E-state index is 12.7. The van der Waals surface area contributed by atoms with Crippen molar-refractivity contribution in [2.24, 2.45) is 0 Å². The summed E-state index contributed by atoms with van der Waals surface area (Å²) in [6.45, 7) is 4.31. The van der Waals surface area contributed by atoms with Gasteiger partial charge in [0.2, 0.25) is 5.82 Å². The molecule has 0 aliphatic rings. The van der Waals surface area contributed by atoms with E-state index in [9.17, 15) is 18.0 Å². The average molecular weight is 364 g/mol. The van der Waals surface area contributed by atoms with Crippen LogP contribution in [0.3, 0.4) is 0 Å². The van der Waals surface area contributed by atoms with Crippen LogP contribution in [0.5, 0.6) is 5.75 Å². The average Bonchev–Trinajstić information content (AvgIpc) is 2.98. The van der Waals surface area contributed by atoms with Gasteiger partial charge in [0.05, 0.1) is 0 Å². The number of alkyl halides is 3. The Labute approximate surface area is 140 Å². The predicted molar refractivity (Wildman–Crippen MR) is 78.1 cm³/mol. The molecule has 0 aliphatic carbocycles. The summed E-state index contributed by atoms with van der Waals surface area (Å²) in [5, 5.41) is 10.5. The Balaban J connectivity index is 2.38. The summed E-state index contributed by atoms with van der Waals surface area (Å²) in [7, 11) is 0. The predicted octanol–water partition coefficient (Wildman–Crippen LogP) is 3.18. The van der Waals surface area contributed by atoms with Gasteiger partial charge in [0.1, 0.15) is 0 Å². The van der Waals surface area contributed by atoms with E-state index in [0.717, 1.165) is 16.9 Å². The summed E-state index contributed by atoms with van der Waals surface area (Å²) in [6.07, 6.45) is -4.26. The van der Waals surface area contributed by atoms with Gasteiger partial charge in [-0.25, -0.2) is 9.48 Å². The van der Waals surface area contributed by atoms with Crippen LogP contribution in [-0.2, 0) is 6.18 Å². The fourth-order valence-corrected chi connectivity index (χ4v) is 1.95. The van der Waals surface area contributed by atoms with E-state index in [1.54, 1.807) is 13.8 Å². The van der Waals surface area contributed by atoms with Crippen molar-refractivity contribution >= 4 is 17.7 Å². The third-order valence-corrected chi connectivity index (χ3v) is 3.21. The Morgan fingerprint density at radius 3 is 2.54 bits per heavy atom. The lowest BCUT2D eigenvalue weighted by molar-refractivity contribution is -0.141. The first-order valence-electron chi connectivity index (χ1n) is 6.89. The molecule has 0 N–H and O–H groups in total. The Morgan fingerprint density at radius 2 is 2.00 bits per heavy atom. The Bertz CT molecular complexity index is 731. The number of nitrogens with zero attached hydrogens (tertiary/aromatic N) is 5. The monoisotopic (exact) mass is 363 g/mol. The van der Waals surface area contributed by atoms with E-state index < -0.39 is 18.0 Å². The van der Waals surface area contributed by atoms with Crippen LogP contribution in [0.15, 0.2) is 18.3 Å². The van der Waals surface area contributed by atoms with Gasteiger partial charge in [-0.1, -0.05) is 11.6 Å². The van der Waals surface area contributed by atoms with E-state index in [-0.39, 0.29) is 16.7 Å². The van der Waals surface area contributed by atoms with Crippen molar-refractivity contribution in [3.8, 4) is 11.6 Å². The number of ether oxygens (including phenoxy) is 1. The summed E-state index contributed by atoms with van der Waals surface area (Å²) in [6, 6.07) is 1.95. The SMILES string of the molecule is CCN(CC)C(=O)Oc1cc(Cl)nnc1-n1ccc(C(F)(F)F)n1. The second-order valence-electron chi connectivity index (χ2n) is 4.54. The highest BCUT2D eigenvalue weighted by Crippen LogP contribution is 2.29. The Morgan fingerprint density at radius 1 is 1.33 bits per heavy atom. The molecule has 24 heavy (non-hydrogen) atoms. The Kier molecular flexibility index (Phi) is 5.27. The van der Waals surface area contributed by atoms with Crippen LogP contribution in [0.1, 0.15) is 19.5 Å². The van der Waals surface area contributed by atoms with Crippen molar-refractivity contribution in [3.63, 3.8) is 0 Å². The van der Waals surface area contributed by atoms with E-state index >= 15 is 0 Å². The van der Waals surface area contributed by atoms with Crippen molar-refractivity contribution in [1.82, 2.24) is 24.9 Å². The minimum absolute atomic E-state index is 0.0794. The van der Waals surface area contributed by atoms with Gasteiger partial charge in [0.15, 0.2) is 16.6 Å². The van der Waals surface area contributed by atoms with E-state index in [2.05, 4.69) is 15.3 Å². The van der Waals surface area contributed by atoms with Crippen molar-refractivity contribution in [3.05, 3.63) is 29.2 Å². The third-order valence-electron chi connectivity index (χ3n) is 3.03. The van der Waals surface area contributed by atoms with Crippen LogP contribution in [0.4, 0.5) is 18.0 Å². The molecule has 0 fully saturated rings. The van der Waals surface area contributed by atoms with Gasteiger partial charge in [-0.2, -0.15) is 18.3 Å². The smallest absolute Gasteiger partial charge is 0.406 e. The molecule has 0 aliphatic heterocycles. The quantitative estimate of drug-likeness (QED) is 0.834. The normalized spacial score (nSPS) is 11.4. The molecular formula is C13H13ClF3N5O2. The first-order valence-corrected chi connectivity index (χ1v) is 7.27. The van der Waals surface area contributed by atoms with Crippen LogP contribution in [-0.4, -0.2) is 44.1 Å². The molecule has 0 spiro atoms. The lowest BCUT2D eigenvalue weighted by atomic mass is 10.4. The van der Waals surface area contributed by atoms with Gasteiger partial charge in [-0.3, -0.25) is 0 Å². The molecule has 1 amide bonds. The maximum absolute atomic E-state index is 12.7. The van der Waals surface area contributed by atoms with Crippen molar-refractivity contribution in [2.45, 2.75) is 20.0 Å². The van der Waals surface area contributed by atoms with E-state index in [1.807, 2.05) is 0 Å². The molecule has 7 nitrogen and oxygen atoms in total. The van der Waals surface area contributed by atoms with Gasteiger partial charge in [0, 0.05) is 25.4 Å². The summed E-state index contributed by atoms with van der Waals surface area (Å²) >= 11 is 5.72. The molecule has 2 aromatic heterocycles. The number of carbonyl (C=O) groups excluding carboxylic acids is 1. The van der Waals surface area contributed by atoms with Crippen LogP contribution in [0, 0.1) is 0 Å². The maximum Gasteiger partial charge on any atom is 0.435 e. The zero-order chi connectivity index (χ0) is 17.9. The Hall–Kier alpha value is -2.36. The lowest BCUT2D eigenvalue weighted by Crippen LogP contribution is -2.33. The minimum Gasteiger partial charge on any atom is -0.406 e. The second kappa shape index (κ2) is 7.04. The largest absolute Gasteiger partial charge is 0.435 e. The zero-order valence-electron chi connectivity index (χ0n) is 12.7. The van der Waals surface area contributed by atoms with Gasteiger partial charge in [-0.05, 0) is 19.9 Å². The highest BCUT2D eigenvalue weighted by molar-refractivity contribution is 6.29. The minimum atomic E-state index is -4.61. The number of hydrogen-bond acceptors (Lipinski definition) is 5. The van der Waals surface area contributed by atoms with Crippen LogP contribution < -0.4 is 4.74 Å². The highest BCUT2D eigenvalue weighted by Gasteiger charge is 2.34. The molecule has 11 heteroatoms. The molecule has 2 heterocycles. The molecule has 2 rings (SSSR count). The van der Waals surface area contributed by atoms with Crippen LogP contribution in [0.25, 0.3) is 5.82 Å². The van der Waals surface area contributed by atoms with Gasteiger partial charge >= 0.3 is 12.3 Å². The third kappa shape index (κ3) is 3.94. The molecular weight excluding hydrogens is 351 g/mol. The van der Waals surface area contributed by atoms with Gasteiger partial charge in [-0.15, -0.1) is 10.2 Å². The number of carbonyl (C=O) groups is 1. The molecule has 0 bridgehead atoms. The highest BCUT2D eigenvalue weighted by atomic mass is 35.5. The van der Waals surface area contributed by atoms with Crippen molar-refractivity contribution < 1.29 is 22.7 Å². The zero-order valence-corrected chi connectivity index (χ0v) is 13.5. The second-order valence-corrected chi connectivity index (χ2v) is 4.93. The number of hydrogen-bond donors (Lipinski definition) is 0. The van der Waals surface area contributed by atoms with Crippen LogP contribution >= 0.6 is 11.6 Å². The summed E-state index contributed by atoms with van der Waals surface area (Å²) < 4.78 is 44.0. The van der Waals surface area contributed by atoms with Crippen LogP contribution in [0.2, 0.25) is 5.15 Å². The molecule has 2 aromatic rings. The number of amides is 1. The number of halogens is 4. The molecule has 0 radical (unpaired) electrons. The molecule has 0 unspecified atom stereocenters. The van der Waals surface area contributed by atoms with Gasteiger partial charge in [0.25, 0.3) is 0 Å². The lowest BCUT2D eigenvalue weighted by Gasteiger charge is -2.18. The van der Waals surface area contributed by atoms with Crippen molar-refractivity contribution in [1.29, 1.82) is 0 Å². The molecule has 130 valence electrons. The van der Waals surface area contributed by atoms with E-state index in [1.165, 1.54) is 11.0 Å². The standard InChI is InChI=1S/C13H13ClF3N5O2/c1-3-21(4-2)12(23)24-8-7-10(14)18-19-11(8)22-6-5-9(20-22)13(15,16)17/h5-7H,3-4H2,1-2H3. The summed E-state index contributed by atoms with van der Waals surface area (Å²) in [5.74, 6) is -0.334. The fourth-order valence-electron chi connectivity index (χ4n) is 1.81. The molecule has 0 atom stereocenters. The first-order chi connectivity index (χ1) is 11.3. The van der Waals surface area contributed by atoms with Gasteiger partial charge < -0.3 is 9.64 Å². The molecule has 0 saturated heterocycles. The molecule has 0 saturated carbocycles. The van der Waals surface area contributed by atoms with E-state index in [0.29, 0.717) is 13.1 Å². The summed E-state index contributed by atoms with van der Waals surface area (Å²) in [5.41, 5.74) is -1.11. The first kappa shape index (κ1) is 18.0. The van der Waals surface area contributed by atoms with Crippen molar-refractivity contribution in [2.75, 3.05) is 13.1 Å². The molecule has 0 aromatic carbocycles. The van der Waals surface area contributed by atoms with E-state index in [4.69, 9.17) is 16.3 Å².